The van der Waals surface area contributed by atoms with Gasteiger partial charge in [-0.05, 0) is 31.2 Å². The van der Waals surface area contributed by atoms with Gasteiger partial charge in [0.15, 0.2) is 6.61 Å². The molecule has 2 aromatic rings. The summed E-state index contributed by atoms with van der Waals surface area (Å²) in [6.45, 7) is -1.02. The van der Waals surface area contributed by atoms with Crippen molar-refractivity contribution in [3.05, 3.63) is 59.4 Å². The number of ether oxygens (including phenoxy) is 2. The average molecular weight is 444 g/mol. The second-order valence-corrected chi connectivity index (χ2v) is 6.56. The van der Waals surface area contributed by atoms with Gasteiger partial charge in [-0.15, -0.1) is 0 Å². The fourth-order valence-electron chi connectivity index (χ4n) is 2.39. The third-order valence-electron chi connectivity index (χ3n) is 4.19. The van der Waals surface area contributed by atoms with Crippen LogP contribution in [-0.2, 0) is 15.5 Å². The quantitative estimate of drug-likeness (QED) is 0.456. The first-order chi connectivity index (χ1) is 14.5. The third-order valence-corrected chi connectivity index (χ3v) is 4.19. The first-order valence-corrected chi connectivity index (χ1v) is 8.95. The fourth-order valence-corrected chi connectivity index (χ4v) is 2.39. The number of aromatic nitrogens is 1. The van der Waals surface area contributed by atoms with Crippen molar-refractivity contribution in [2.45, 2.75) is 24.8 Å². The molecule has 0 saturated carbocycles. The van der Waals surface area contributed by atoms with Crippen molar-refractivity contribution in [3.63, 3.8) is 0 Å². The van der Waals surface area contributed by atoms with Crippen molar-refractivity contribution in [3.8, 4) is 5.75 Å². The van der Waals surface area contributed by atoms with E-state index >= 15 is 0 Å². The van der Waals surface area contributed by atoms with Gasteiger partial charge in [0.1, 0.15) is 12.4 Å². The molecule has 11 heteroatoms. The molecule has 0 aliphatic heterocycles. The summed E-state index contributed by atoms with van der Waals surface area (Å²) < 4.78 is 64.2. The van der Waals surface area contributed by atoms with E-state index in [0.29, 0.717) is 0 Å². The van der Waals surface area contributed by atoms with E-state index in [9.17, 15) is 27.2 Å². The molecule has 1 heterocycles. The molecule has 0 radical (unpaired) electrons. The number of esters is 1. The normalized spacial score (nSPS) is 12.7. The first-order valence-electron chi connectivity index (χ1n) is 8.95. The van der Waals surface area contributed by atoms with Crippen molar-refractivity contribution in [1.82, 2.24) is 10.3 Å². The van der Waals surface area contributed by atoms with Gasteiger partial charge >= 0.3 is 17.8 Å². The highest BCUT2D eigenvalue weighted by atomic mass is 19.3. The Morgan fingerprint density at radius 1 is 1.13 bits per heavy atom. The van der Waals surface area contributed by atoms with Crippen LogP contribution in [-0.4, -0.2) is 48.2 Å². The molecule has 1 aromatic heterocycles. The Kier molecular flexibility index (Phi) is 7.55. The molecule has 168 valence electrons. The number of benzene rings is 1. The van der Waals surface area contributed by atoms with Crippen LogP contribution in [0.3, 0.4) is 0 Å². The SMILES string of the molecule is COC(=O)c1ccc(C(F)(F)C(=O)N[C@H](C)c2ccc(OCC(F)(F)CO)cn2)cc1. The molecule has 1 atom stereocenters. The lowest BCUT2D eigenvalue weighted by Gasteiger charge is -2.20. The van der Waals surface area contributed by atoms with Crippen LogP contribution in [0.2, 0.25) is 0 Å². The number of carbonyl (C=O) groups excluding carboxylic acids is 2. The average Bonchev–Trinajstić information content (AvgIpc) is 2.77. The minimum absolute atomic E-state index is 0.0218. The highest BCUT2D eigenvalue weighted by molar-refractivity contribution is 5.90. The van der Waals surface area contributed by atoms with Crippen LogP contribution >= 0.6 is 0 Å². The summed E-state index contributed by atoms with van der Waals surface area (Å²) in [6.07, 6.45) is 1.09. The number of pyridine rings is 1. The number of aliphatic hydroxyl groups is 1. The van der Waals surface area contributed by atoms with Crippen LogP contribution in [0.15, 0.2) is 42.6 Å². The minimum atomic E-state index is -3.89. The van der Waals surface area contributed by atoms with E-state index in [1.807, 2.05) is 0 Å². The van der Waals surface area contributed by atoms with E-state index in [4.69, 9.17) is 9.84 Å². The Morgan fingerprint density at radius 2 is 1.77 bits per heavy atom. The Morgan fingerprint density at radius 3 is 2.29 bits per heavy atom. The molecule has 0 spiro atoms. The molecule has 1 aromatic carbocycles. The summed E-state index contributed by atoms with van der Waals surface area (Å²) in [5, 5.41) is 10.6. The van der Waals surface area contributed by atoms with E-state index < -0.39 is 48.5 Å². The molecular formula is C20H20F4N2O5. The lowest BCUT2D eigenvalue weighted by Crippen LogP contribution is -2.39. The van der Waals surface area contributed by atoms with Gasteiger partial charge in [0, 0.05) is 5.56 Å². The number of halogens is 4. The van der Waals surface area contributed by atoms with Gasteiger partial charge in [0.05, 0.1) is 30.6 Å². The summed E-state index contributed by atoms with van der Waals surface area (Å²) in [5.74, 6) is -9.61. The van der Waals surface area contributed by atoms with Gasteiger partial charge in [-0.3, -0.25) is 9.78 Å². The van der Waals surface area contributed by atoms with Gasteiger partial charge in [-0.25, -0.2) is 13.6 Å². The number of amides is 1. The zero-order valence-corrected chi connectivity index (χ0v) is 16.6. The monoisotopic (exact) mass is 444 g/mol. The third kappa shape index (κ3) is 6.14. The molecule has 7 nitrogen and oxygen atoms in total. The Labute approximate surface area is 175 Å². The van der Waals surface area contributed by atoms with Gasteiger partial charge in [0.2, 0.25) is 0 Å². The predicted molar refractivity (Wildman–Crippen MR) is 100.0 cm³/mol. The fraction of sp³-hybridized carbons (Fsp3) is 0.350. The number of nitrogens with one attached hydrogen (secondary N) is 1. The summed E-state index contributed by atoms with van der Waals surface area (Å²) in [4.78, 5) is 27.4. The van der Waals surface area contributed by atoms with Gasteiger partial charge in [0.25, 0.3) is 5.91 Å². The zero-order valence-electron chi connectivity index (χ0n) is 16.6. The van der Waals surface area contributed by atoms with Crippen LogP contribution in [0.1, 0.15) is 34.6 Å². The van der Waals surface area contributed by atoms with Crippen LogP contribution in [0, 0.1) is 0 Å². The molecular weight excluding hydrogens is 424 g/mol. The number of rotatable bonds is 9. The molecule has 0 aliphatic rings. The topological polar surface area (TPSA) is 97.8 Å². The summed E-state index contributed by atoms with van der Waals surface area (Å²) in [7, 11) is 1.15. The van der Waals surface area contributed by atoms with E-state index in [-0.39, 0.29) is 17.0 Å². The largest absolute Gasteiger partial charge is 0.486 e. The molecule has 0 saturated heterocycles. The summed E-state index contributed by atoms with van der Waals surface area (Å²) in [6, 6.07) is 5.80. The maximum atomic E-state index is 14.5. The Hall–Kier alpha value is -3.21. The lowest BCUT2D eigenvalue weighted by atomic mass is 10.0. The molecule has 31 heavy (non-hydrogen) atoms. The molecule has 2 N–H and O–H groups in total. The maximum absolute atomic E-state index is 14.5. The minimum Gasteiger partial charge on any atom is -0.486 e. The number of hydrogen-bond acceptors (Lipinski definition) is 6. The highest BCUT2D eigenvalue weighted by Crippen LogP contribution is 2.29. The van der Waals surface area contributed by atoms with Crippen molar-refractivity contribution in [1.29, 1.82) is 0 Å². The predicted octanol–water partition coefficient (Wildman–Crippen LogP) is 2.84. The molecule has 0 unspecified atom stereocenters. The number of carbonyl (C=O) groups is 2. The van der Waals surface area contributed by atoms with Crippen molar-refractivity contribution in [2.75, 3.05) is 20.3 Å². The van der Waals surface area contributed by atoms with Gasteiger partial charge in [-0.1, -0.05) is 12.1 Å². The van der Waals surface area contributed by atoms with E-state index in [2.05, 4.69) is 15.0 Å². The molecule has 0 bridgehead atoms. The number of aliphatic hydroxyl groups excluding tert-OH is 1. The molecule has 1 amide bonds. The zero-order chi connectivity index (χ0) is 23.2. The summed E-state index contributed by atoms with van der Waals surface area (Å²) in [5.41, 5.74) is -0.378. The van der Waals surface area contributed by atoms with Crippen molar-refractivity contribution in [2.24, 2.45) is 0 Å². The second kappa shape index (κ2) is 9.73. The lowest BCUT2D eigenvalue weighted by molar-refractivity contribution is -0.147. The molecule has 2 rings (SSSR count). The standard InChI is InChI=1S/C20H20F4N2O5/c1-12(16-8-7-15(9-25-16)31-11-19(21,22)10-27)26-18(29)20(23,24)14-5-3-13(4-6-14)17(28)30-2/h3-9,12,27H,10-11H2,1-2H3,(H,26,29)/t12-/m1/s1. The Balaban J connectivity index is 2.02. The number of methoxy groups -OCH3 is 1. The van der Waals surface area contributed by atoms with Crippen LogP contribution in [0.25, 0.3) is 0 Å². The van der Waals surface area contributed by atoms with Gasteiger partial charge in [-0.2, -0.15) is 8.78 Å². The smallest absolute Gasteiger partial charge is 0.349 e. The number of nitrogens with zero attached hydrogens (tertiary/aromatic N) is 1. The van der Waals surface area contributed by atoms with Gasteiger partial charge < -0.3 is 19.9 Å². The highest BCUT2D eigenvalue weighted by Gasteiger charge is 2.41. The number of hydrogen-bond donors (Lipinski definition) is 2. The molecule has 0 aliphatic carbocycles. The van der Waals surface area contributed by atoms with E-state index in [1.165, 1.54) is 19.1 Å². The van der Waals surface area contributed by atoms with E-state index in [1.54, 1.807) is 0 Å². The van der Waals surface area contributed by atoms with Crippen molar-refractivity contribution < 1.29 is 41.7 Å². The van der Waals surface area contributed by atoms with Crippen molar-refractivity contribution >= 4 is 11.9 Å². The van der Waals surface area contributed by atoms with Crippen LogP contribution in [0.5, 0.6) is 5.75 Å². The second-order valence-electron chi connectivity index (χ2n) is 6.56. The molecule has 0 fully saturated rings. The summed E-state index contributed by atoms with van der Waals surface area (Å²) >= 11 is 0. The Bertz CT molecular complexity index is 905. The number of alkyl halides is 4. The van der Waals surface area contributed by atoms with E-state index in [0.717, 1.165) is 37.6 Å². The van der Waals surface area contributed by atoms with Crippen LogP contribution < -0.4 is 10.1 Å². The van der Waals surface area contributed by atoms with Crippen LogP contribution in [0.4, 0.5) is 17.6 Å². The first kappa shape index (κ1) is 24.1. The maximum Gasteiger partial charge on any atom is 0.349 e.